The Morgan fingerprint density at radius 2 is 1.15 bits per heavy atom. The molecule has 9 aromatic rings. The predicted octanol–water partition coefficient (Wildman–Crippen LogP) is 10.1. The fourth-order valence-corrected chi connectivity index (χ4v) is 6.84. The highest BCUT2D eigenvalue weighted by Crippen LogP contribution is 2.26. The van der Waals surface area contributed by atoms with E-state index in [0.29, 0.717) is 34.2 Å². The van der Waals surface area contributed by atoms with Gasteiger partial charge in [-0.1, -0.05) is 60.3 Å². The number of ether oxygens (including phenoxy) is 2. The number of hydrogen-bond acceptors (Lipinski definition) is 17. The van der Waals surface area contributed by atoms with Gasteiger partial charge < -0.3 is 25.8 Å². The fraction of sp³-hybridized carbons (Fsp3) is 0.0667. The zero-order chi connectivity index (χ0) is 45.2. The Bertz CT molecular complexity index is 2910. The van der Waals surface area contributed by atoms with E-state index >= 15 is 0 Å². The molecule has 0 saturated heterocycles. The zero-order valence-electron chi connectivity index (χ0n) is 35.0. The number of thioether (sulfide) groups is 3. The minimum atomic E-state index is -0.177. The Morgan fingerprint density at radius 1 is 0.631 bits per heavy atom. The summed E-state index contributed by atoms with van der Waals surface area (Å²) >= 11 is 4.44. The Morgan fingerprint density at radius 3 is 1.66 bits per heavy atom. The molecule has 1 amide bonds. The van der Waals surface area contributed by atoms with Gasteiger partial charge in [0, 0.05) is 47.3 Å². The number of aromatic nitrogens is 10. The highest BCUT2D eigenvalue weighted by atomic mass is 32.2. The van der Waals surface area contributed by atoms with E-state index in [0.717, 1.165) is 44.3 Å². The van der Waals surface area contributed by atoms with Crippen molar-refractivity contribution in [2.75, 3.05) is 35.1 Å². The van der Waals surface area contributed by atoms with Gasteiger partial charge in [-0.05, 0) is 104 Å². The van der Waals surface area contributed by atoms with E-state index < -0.39 is 0 Å². The lowest BCUT2D eigenvalue weighted by molar-refractivity contribution is 0.100. The highest BCUT2D eigenvalue weighted by molar-refractivity contribution is 8.38. The van der Waals surface area contributed by atoms with E-state index in [9.17, 15) is 4.79 Å². The first-order valence-corrected chi connectivity index (χ1v) is 23.1. The Hall–Kier alpha value is -7.81. The van der Waals surface area contributed by atoms with Gasteiger partial charge in [0.1, 0.15) is 27.4 Å². The van der Waals surface area contributed by atoms with Crippen LogP contribution < -0.4 is 25.8 Å². The SMILES string of the molecule is CSC(=NC(=O)c1ccccc1)SC.CSc1nc(-c2ccccc2)n2nc(Nc3ccc(Oc4ccncc4)cc3)nc2n1.Nc1nc(Nc2ccc(Oc3ccncc3)cc2)n[nH]1. The smallest absolute Gasteiger partial charge is 0.278 e. The van der Waals surface area contributed by atoms with Crippen LogP contribution in [0.15, 0.2) is 168 Å². The lowest BCUT2D eigenvalue weighted by atomic mass is 10.2. The summed E-state index contributed by atoms with van der Waals surface area (Å²) in [7, 11) is 0. The van der Waals surface area contributed by atoms with Crippen LogP contribution in [0, 0.1) is 0 Å². The number of fused-ring (bicyclic) bond motifs is 1. The number of nitrogens with two attached hydrogens (primary N) is 1. The van der Waals surface area contributed by atoms with Gasteiger partial charge in [0.25, 0.3) is 11.7 Å². The van der Waals surface area contributed by atoms with E-state index in [4.69, 9.17) is 15.2 Å². The van der Waals surface area contributed by atoms with Crippen LogP contribution in [0.25, 0.3) is 17.2 Å². The molecule has 0 saturated carbocycles. The maximum Gasteiger partial charge on any atom is 0.278 e. The molecular weight excluding hydrogens is 881 g/mol. The molecule has 5 N–H and O–H groups in total. The predicted molar refractivity (Wildman–Crippen MR) is 260 cm³/mol. The molecular formula is C45H40N14O3S3. The zero-order valence-corrected chi connectivity index (χ0v) is 37.5. The number of carbonyl (C=O) groups is 1. The van der Waals surface area contributed by atoms with Gasteiger partial charge in [-0.3, -0.25) is 14.8 Å². The van der Waals surface area contributed by atoms with E-state index in [-0.39, 0.29) is 11.9 Å². The maximum absolute atomic E-state index is 11.6. The first-order chi connectivity index (χ1) is 31.8. The normalized spacial score (nSPS) is 10.4. The first-order valence-electron chi connectivity index (χ1n) is 19.4. The van der Waals surface area contributed by atoms with Gasteiger partial charge in [-0.2, -0.15) is 24.5 Å². The monoisotopic (exact) mass is 920 g/mol. The maximum atomic E-state index is 11.6. The van der Waals surface area contributed by atoms with Crippen LogP contribution in [0.1, 0.15) is 10.4 Å². The van der Waals surface area contributed by atoms with Gasteiger partial charge in [0.2, 0.25) is 17.8 Å². The average molecular weight is 921 g/mol. The molecule has 0 fully saturated rings. The number of aliphatic imine (C=N–C) groups is 1. The molecule has 5 heterocycles. The summed E-state index contributed by atoms with van der Waals surface area (Å²) < 4.78 is 13.9. The Labute approximate surface area is 386 Å². The highest BCUT2D eigenvalue weighted by Gasteiger charge is 2.14. The van der Waals surface area contributed by atoms with Crippen molar-refractivity contribution in [1.29, 1.82) is 0 Å². The third-order valence-electron chi connectivity index (χ3n) is 8.46. The van der Waals surface area contributed by atoms with Crippen molar-refractivity contribution in [1.82, 2.24) is 49.7 Å². The molecule has 0 aliphatic heterocycles. The molecule has 326 valence electrons. The van der Waals surface area contributed by atoms with Gasteiger partial charge in [-0.25, -0.2) is 10.1 Å². The van der Waals surface area contributed by atoms with Gasteiger partial charge in [0.05, 0.1) is 0 Å². The van der Waals surface area contributed by atoms with E-state index in [1.54, 1.807) is 65.7 Å². The second-order valence-electron chi connectivity index (χ2n) is 12.9. The minimum Gasteiger partial charge on any atom is -0.457 e. The van der Waals surface area contributed by atoms with Gasteiger partial charge in [-0.15, -0.1) is 33.7 Å². The molecule has 0 radical (unpaired) electrons. The molecule has 0 bridgehead atoms. The number of pyridine rings is 2. The summed E-state index contributed by atoms with van der Waals surface area (Å²) in [5.74, 6) is 5.05. The van der Waals surface area contributed by atoms with Crippen LogP contribution in [0.3, 0.4) is 0 Å². The lowest BCUT2D eigenvalue weighted by Gasteiger charge is -2.06. The van der Waals surface area contributed by atoms with Gasteiger partial charge >= 0.3 is 0 Å². The van der Waals surface area contributed by atoms with Crippen molar-refractivity contribution >= 4 is 80.6 Å². The fourth-order valence-electron chi connectivity index (χ4n) is 5.47. The average Bonchev–Trinajstić information content (AvgIpc) is 3.97. The van der Waals surface area contributed by atoms with E-state index in [1.807, 2.05) is 116 Å². The summed E-state index contributed by atoms with van der Waals surface area (Å²) in [6, 6.07) is 41.1. The van der Waals surface area contributed by atoms with Crippen molar-refractivity contribution in [2.24, 2.45) is 4.99 Å². The summed E-state index contributed by atoms with van der Waals surface area (Å²) in [6.45, 7) is 0. The van der Waals surface area contributed by atoms with Crippen LogP contribution in [0.4, 0.5) is 29.2 Å². The lowest BCUT2D eigenvalue weighted by Crippen LogP contribution is -2.02. The molecule has 0 unspecified atom stereocenters. The first kappa shape index (κ1) is 45.2. The number of nitrogen functional groups attached to an aromatic ring is 1. The second-order valence-corrected chi connectivity index (χ2v) is 15.5. The molecule has 0 aliphatic carbocycles. The molecule has 5 aromatic heterocycles. The third kappa shape index (κ3) is 13.3. The molecule has 20 heteroatoms. The standard InChI is InChI=1S/C22H17N7OS.C13H12N6O.C10H11NOS2/c1-31-22-25-19(15-5-3-2-4-6-15)29-21(27-22)26-20(28-29)24-16-7-9-17(10-8-16)30-18-11-13-23-14-12-18;14-12-17-13(19-18-12)16-9-1-3-10(4-2-9)20-11-5-7-15-8-6-11;1-13-10(14-2)11-9(12)8-6-4-3-5-7-8/h2-14H,1H3,(H,24,28);1-8H,(H4,14,16,17,18,19);3-7H,1-2H3. The van der Waals surface area contributed by atoms with Crippen molar-refractivity contribution in [3.8, 4) is 34.4 Å². The number of carbonyl (C=O) groups excluding carboxylic acids is 1. The number of aromatic amines is 1. The number of rotatable bonds is 11. The number of amides is 1. The molecule has 0 aliphatic rings. The van der Waals surface area contributed by atoms with Crippen LogP contribution in [0.2, 0.25) is 0 Å². The van der Waals surface area contributed by atoms with Crippen LogP contribution in [0.5, 0.6) is 23.0 Å². The number of nitrogens with one attached hydrogen (secondary N) is 3. The largest absolute Gasteiger partial charge is 0.457 e. The van der Waals surface area contributed by atoms with Crippen molar-refractivity contribution in [3.63, 3.8) is 0 Å². The topological polar surface area (TPSA) is 221 Å². The quantitative estimate of drug-likeness (QED) is 0.0538. The molecule has 65 heavy (non-hydrogen) atoms. The van der Waals surface area contributed by atoms with E-state index in [1.165, 1.54) is 35.3 Å². The van der Waals surface area contributed by atoms with E-state index in [2.05, 4.69) is 60.8 Å². The van der Waals surface area contributed by atoms with Gasteiger partial charge in [0.15, 0.2) is 11.0 Å². The number of nitrogens with zero attached hydrogens (tertiary/aromatic N) is 10. The molecule has 9 rings (SSSR count). The minimum absolute atomic E-state index is 0.177. The Balaban J connectivity index is 0.000000159. The summed E-state index contributed by atoms with van der Waals surface area (Å²) in [4.78, 5) is 41.1. The molecule has 4 aromatic carbocycles. The number of hydrogen-bond donors (Lipinski definition) is 4. The molecule has 17 nitrogen and oxygen atoms in total. The Kier molecular flexibility index (Phi) is 16.0. The van der Waals surface area contributed by atoms with Crippen molar-refractivity contribution in [2.45, 2.75) is 5.16 Å². The second kappa shape index (κ2) is 23.0. The third-order valence-corrected chi connectivity index (χ3v) is 10.9. The summed E-state index contributed by atoms with van der Waals surface area (Å²) in [5, 5.41) is 17.9. The van der Waals surface area contributed by atoms with Crippen LogP contribution in [-0.4, -0.2) is 78.8 Å². The number of benzene rings is 4. The summed E-state index contributed by atoms with van der Waals surface area (Å²) in [6.07, 6.45) is 12.5. The van der Waals surface area contributed by atoms with Crippen molar-refractivity contribution in [3.05, 3.63) is 164 Å². The molecule has 0 spiro atoms. The molecule has 0 atom stereocenters. The number of anilines is 5. The number of H-pyrrole nitrogens is 1. The summed E-state index contributed by atoms with van der Waals surface area (Å²) in [5.41, 5.74) is 8.69. The van der Waals surface area contributed by atoms with Crippen LogP contribution in [-0.2, 0) is 0 Å². The van der Waals surface area contributed by atoms with Crippen molar-refractivity contribution < 1.29 is 14.3 Å². The van der Waals surface area contributed by atoms with Crippen LogP contribution >= 0.6 is 35.3 Å².